The number of nitrogens with zero attached hydrogens (tertiary/aromatic N) is 4. The fourth-order valence-corrected chi connectivity index (χ4v) is 9.05. The minimum absolute atomic E-state index is 0.0657. The molecule has 2 aliphatic heterocycles. The van der Waals surface area contributed by atoms with E-state index in [1.807, 2.05) is 19.1 Å². The summed E-state index contributed by atoms with van der Waals surface area (Å²) < 4.78 is 6.48. The van der Waals surface area contributed by atoms with Gasteiger partial charge in [0, 0.05) is 53.4 Å². The fraction of sp³-hybridized carbons (Fsp3) is 0.625. The number of aryl methyl sites for hydroxylation is 1. The molecule has 230 valence electrons. The monoisotopic (exact) mass is 604 g/mol. The molecule has 3 atom stereocenters. The van der Waals surface area contributed by atoms with Gasteiger partial charge in [-0.15, -0.1) is 11.3 Å². The fourth-order valence-electron chi connectivity index (χ4n) is 7.86. The molecule has 1 spiro atoms. The molecule has 4 aliphatic rings. The van der Waals surface area contributed by atoms with Crippen molar-refractivity contribution in [3.8, 4) is 11.9 Å². The second kappa shape index (κ2) is 11.7. The lowest BCUT2D eigenvalue weighted by molar-refractivity contribution is -0.125. The molecule has 43 heavy (non-hydrogen) atoms. The molecule has 6 rings (SSSR count). The van der Waals surface area contributed by atoms with Crippen LogP contribution < -0.4 is 26.0 Å². The highest BCUT2D eigenvalue weighted by Crippen LogP contribution is 2.45. The summed E-state index contributed by atoms with van der Waals surface area (Å²) in [6.45, 7) is 7.65. The summed E-state index contributed by atoms with van der Waals surface area (Å²) in [5.41, 5.74) is 7.79. The lowest BCUT2D eigenvalue weighted by atomic mass is 9.72. The Balaban J connectivity index is 1.29. The number of nitriles is 1. The summed E-state index contributed by atoms with van der Waals surface area (Å²) in [4.78, 5) is 24.4. The first-order valence-corrected chi connectivity index (χ1v) is 16.6. The third kappa shape index (κ3) is 5.61. The number of ether oxygens (including phenoxy) is 1. The number of fused-ring (bicyclic) bond motifs is 1. The Morgan fingerprint density at radius 1 is 1.28 bits per heavy atom. The number of hydrogen-bond acceptors (Lipinski definition) is 10. The number of carbonyl (C=O) groups excluding carboxylic acids is 1. The molecule has 2 aromatic rings. The van der Waals surface area contributed by atoms with E-state index in [2.05, 4.69) is 40.5 Å². The van der Waals surface area contributed by atoms with E-state index in [0.29, 0.717) is 34.6 Å². The zero-order valence-corrected chi connectivity index (χ0v) is 26.4. The first kappa shape index (κ1) is 29.9. The molecule has 2 aliphatic carbocycles. The van der Waals surface area contributed by atoms with E-state index in [0.717, 1.165) is 68.0 Å². The maximum absolute atomic E-state index is 13.9. The van der Waals surface area contributed by atoms with Crippen LogP contribution in [0.1, 0.15) is 86.9 Å². The predicted octanol–water partition coefficient (Wildman–Crippen LogP) is 3.92. The second-order valence-corrected chi connectivity index (χ2v) is 14.3. The van der Waals surface area contributed by atoms with Gasteiger partial charge in [0.15, 0.2) is 5.84 Å². The molecule has 5 N–H and O–H groups in total. The Morgan fingerprint density at radius 3 is 2.79 bits per heavy atom. The molecule has 1 saturated carbocycles. The SMILES string of the molecule is C[C@H](Oc1cc(N2CCNC3(CCCC3)C2)cc(C(=N)NC(=O)[C@@]2(C)CCCc3sc(N)c(C#N)c32)n1)[C@@H]1CCCN1C. The van der Waals surface area contributed by atoms with E-state index in [1.54, 1.807) is 0 Å². The van der Waals surface area contributed by atoms with Gasteiger partial charge in [-0.05, 0) is 78.5 Å². The number of thiophene rings is 1. The van der Waals surface area contributed by atoms with Gasteiger partial charge in [0.1, 0.15) is 22.9 Å². The van der Waals surface area contributed by atoms with Crippen LogP contribution in [0, 0.1) is 16.7 Å². The van der Waals surface area contributed by atoms with Crippen LogP contribution in [0.25, 0.3) is 0 Å². The van der Waals surface area contributed by atoms with E-state index >= 15 is 0 Å². The Morgan fingerprint density at radius 2 is 2.07 bits per heavy atom. The third-order valence-electron chi connectivity index (χ3n) is 10.3. The number of nitrogen functional groups attached to an aromatic ring is 1. The highest BCUT2D eigenvalue weighted by Gasteiger charge is 2.44. The molecule has 4 heterocycles. The lowest BCUT2D eigenvalue weighted by Gasteiger charge is -2.43. The van der Waals surface area contributed by atoms with Gasteiger partial charge in [-0.25, -0.2) is 4.98 Å². The molecule has 0 unspecified atom stereocenters. The Hall–Kier alpha value is -3.20. The van der Waals surface area contributed by atoms with Crippen molar-refractivity contribution in [3.05, 3.63) is 33.8 Å². The van der Waals surface area contributed by atoms with Crippen LogP contribution in [0.3, 0.4) is 0 Å². The molecule has 1 amide bonds. The van der Waals surface area contributed by atoms with Crippen molar-refractivity contribution in [3.63, 3.8) is 0 Å². The van der Waals surface area contributed by atoms with Gasteiger partial charge >= 0.3 is 0 Å². The van der Waals surface area contributed by atoms with Gasteiger partial charge in [-0.3, -0.25) is 15.1 Å². The van der Waals surface area contributed by atoms with Crippen molar-refractivity contribution >= 4 is 33.8 Å². The topological polar surface area (TPSA) is 143 Å². The van der Waals surface area contributed by atoms with Gasteiger partial charge < -0.3 is 26.0 Å². The van der Waals surface area contributed by atoms with E-state index in [1.165, 1.54) is 37.0 Å². The summed E-state index contributed by atoms with van der Waals surface area (Å²) in [6.07, 6.45) is 9.18. The zero-order valence-electron chi connectivity index (χ0n) is 25.6. The van der Waals surface area contributed by atoms with Crippen LogP contribution >= 0.6 is 11.3 Å². The highest BCUT2D eigenvalue weighted by atomic mass is 32.1. The van der Waals surface area contributed by atoms with Gasteiger partial charge in [0.2, 0.25) is 11.8 Å². The summed E-state index contributed by atoms with van der Waals surface area (Å²) >= 11 is 1.40. The second-order valence-electron chi connectivity index (χ2n) is 13.2. The van der Waals surface area contributed by atoms with Crippen molar-refractivity contribution in [2.24, 2.45) is 0 Å². The molecule has 0 aromatic carbocycles. The number of likely N-dealkylation sites (N-methyl/N-ethyl adjacent to an activating group) is 1. The van der Waals surface area contributed by atoms with Crippen LogP contribution in [0.4, 0.5) is 10.7 Å². The van der Waals surface area contributed by atoms with Crippen LogP contribution in [-0.2, 0) is 16.6 Å². The minimum atomic E-state index is -0.953. The molecule has 2 aromatic heterocycles. The molecule has 0 bridgehead atoms. The zero-order chi connectivity index (χ0) is 30.4. The first-order valence-electron chi connectivity index (χ1n) is 15.7. The number of rotatable bonds is 6. The molecule has 10 nitrogen and oxygen atoms in total. The average Bonchev–Trinajstić information content (AvgIpc) is 3.71. The first-order chi connectivity index (χ1) is 20.6. The van der Waals surface area contributed by atoms with Crippen LogP contribution in [0.2, 0.25) is 0 Å². The number of amidine groups is 1. The summed E-state index contributed by atoms with van der Waals surface area (Å²) in [6, 6.07) is 6.44. The highest BCUT2D eigenvalue weighted by molar-refractivity contribution is 7.16. The normalized spacial score (nSPS) is 25.7. The number of amides is 1. The molecular formula is C32H44N8O2S. The maximum Gasteiger partial charge on any atom is 0.236 e. The number of aromatic nitrogens is 1. The number of piperazine rings is 1. The van der Waals surface area contributed by atoms with Crippen molar-refractivity contribution in [2.45, 2.75) is 94.7 Å². The summed E-state index contributed by atoms with van der Waals surface area (Å²) in [7, 11) is 2.13. The molecule has 3 fully saturated rings. The quantitative estimate of drug-likeness (QED) is 0.287. The van der Waals surface area contributed by atoms with Crippen LogP contribution in [0.15, 0.2) is 12.1 Å². The summed E-state index contributed by atoms with van der Waals surface area (Å²) in [5.74, 6) is 0.0976. The smallest absolute Gasteiger partial charge is 0.236 e. The number of likely N-dealkylation sites (tertiary alicyclic amines) is 1. The largest absolute Gasteiger partial charge is 0.473 e. The van der Waals surface area contributed by atoms with Crippen molar-refractivity contribution in [1.82, 2.24) is 20.5 Å². The van der Waals surface area contributed by atoms with Crippen LogP contribution in [-0.4, -0.2) is 72.5 Å². The number of nitrogens with two attached hydrogens (primary N) is 1. The van der Waals surface area contributed by atoms with Gasteiger partial charge in [-0.1, -0.05) is 12.8 Å². The molecule has 2 saturated heterocycles. The van der Waals surface area contributed by atoms with E-state index < -0.39 is 5.41 Å². The Kier molecular flexibility index (Phi) is 8.13. The molecule has 11 heteroatoms. The third-order valence-corrected chi connectivity index (χ3v) is 11.3. The number of carbonyl (C=O) groups is 1. The average molecular weight is 605 g/mol. The standard InChI is InChI=1S/C32H44N8O2S/c1-20(24-8-7-14-39(24)3)42-26-17-21(40-15-13-36-32(19-40)11-4-5-12-32)16-23(37-26)28(34)38-30(41)31(2)10-6-9-25-27(31)22(18-33)29(35)43-25/h16-17,20,24,36H,4-15,19,35H2,1-3H3,(H2,34,38,41)/t20-,24-,31-/m0/s1. The maximum atomic E-state index is 13.9. The number of hydrogen-bond donors (Lipinski definition) is 4. The van der Waals surface area contributed by atoms with Crippen molar-refractivity contribution in [2.75, 3.05) is 43.9 Å². The lowest BCUT2D eigenvalue weighted by Crippen LogP contribution is -2.59. The molecule has 0 radical (unpaired) electrons. The van der Waals surface area contributed by atoms with E-state index in [4.69, 9.17) is 20.9 Å². The van der Waals surface area contributed by atoms with E-state index in [-0.39, 0.29) is 23.4 Å². The van der Waals surface area contributed by atoms with Gasteiger partial charge in [-0.2, -0.15) is 5.26 Å². The number of nitrogens with one attached hydrogen (secondary N) is 3. The predicted molar refractivity (Wildman–Crippen MR) is 170 cm³/mol. The van der Waals surface area contributed by atoms with Gasteiger partial charge in [0.05, 0.1) is 11.0 Å². The Labute approximate surface area is 258 Å². The Bertz CT molecular complexity index is 1440. The molecular weight excluding hydrogens is 560 g/mol. The van der Waals surface area contributed by atoms with Gasteiger partial charge in [0.25, 0.3) is 0 Å². The minimum Gasteiger partial charge on any atom is -0.473 e. The van der Waals surface area contributed by atoms with Crippen molar-refractivity contribution in [1.29, 1.82) is 10.7 Å². The summed E-state index contributed by atoms with van der Waals surface area (Å²) in [5, 5.41) is 26.0. The number of anilines is 2. The van der Waals surface area contributed by atoms with Crippen LogP contribution in [0.5, 0.6) is 5.88 Å². The number of pyridine rings is 1. The van der Waals surface area contributed by atoms with E-state index in [9.17, 15) is 10.1 Å². The van der Waals surface area contributed by atoms with Crippen molar-refractivity contribution < 1.29 is 9.53 Å².